The first kappa shape index (κ1) is 28.3. The van der Waals surface area contributed by atoms with Crippen LogP contribution < -0.4 is 37.6 Å². The van der Waals surface area contributed by atoms with E-state index in [4.69, 9.17) is 5.73 Å². The molecule has 8 nitrogen and oxygen atoms in total. The summed E-state index contributed by atoms with van der Waals surface area (Å²) in [5, 5.41) is 20.3. The molecule has 1 rings (SSSR count). The van der Waals surface area contributed by atoms with Crippen LogP contribution in [0.1, 0.15) is 57.8 Å². The maximum Gasteiger partial charge on any atom is 0.220 e. The molecule has 0 spiro atoms. The Kier molecular flexibility index (Phi) is 20.4. The van der Waals surface area contributed by atoms with Crippen LogP contribution in [0, 0.1) is 5.92 Å². The van der Waals surface area contributed by atoms with Crippen LogP contribution in [0.2, 0.25) is 0 Å². The van der Waals surface area contributed by atoms with Gasteiger partial charge in [-0.05, 0) is 129 Å². The third-order valence-electron chi connectivity index (χ3n) is 5.65. The lowest BCUT2D eigenvalue weighted by Crippen LogP contribution is -2.35. The van der Waals surface area contributed by atoms with Crippen LogP contribution in [0.25, 0.3) is 0 Å². The fourth-order valence-corrected chi connectivity index (χ4v) is 3.78. The van der Waals surface area contributed by atoms with E-state index in [1.807, 2.05) is 0 Å². The van der Waals surface area contributed by atoms with Gasteiger partial charge in [-0.3, -0.25) is 4.79 Å². The van der Waals surface area contributed by atoms with Gasteiger partial charge in [-0.25, -0.2) is 0 Å². The van der Waals surface area contributed by atoms with Crippen molar-refractivity contribution in [2.45, 2.75) is 57.8 Å². The quantitative estimate of drug-likeness (QED) is 0.120. The predicted molar refractivity (Wildman–Crippen MR) is 131 cm³/mol. The zero-order valence-corrected chi connectivity index (χ0v) is 19.9. The van der Waals surface area contributed by atoms with Crippen LogP contribution in [-0.4, -0.2) is 84.4 Å². The molecule has 0 aromatic rings. The second kappa shape index (κ2) is 22.4. The summed E-state index contributed by atoms with van der Waals surface area (Å²) in [6.07, 6.45) is 9.91. The lowest BCUT2D eigenvalue weighted by molar-refractivity contribution is -0.122. The lowest BCUT2D eigenvalue weighted by atomic mass is 9.96. The summed E-state index contributed by atoms with van der Waals surface area (Å²) in [5.74, 6) is 0.733. The summed E-state index contributed by atoms with van der Waals surface area (Å²) in [5.41, 5.74) is 5.46. The van der Waals surface area contributed by atoms with E-state index < -0.39 is 0 Å². The minimum atomic E-state index is 0.211. The number of hydrogen-bond donors (Lipinski definition) is 7. The van der Waals surface area contributed by atoms with Crippen molar-refractivity contribution in [1.82, 2.24) is 31.9 Å². The van der Waals surface area contributed by atoms with E-state index in [1.165, 1.54) is 32.1 Å². The molecule has 31 heavy (non-hydrogen) atoms. The molecule has 8 heteroatoms. The molecule has 1 unspecified atom stereocenters. The Hall–Kier alpha value is -0.770. The van der Waals surface area contributed by atoms with Crippen LogP contribution in [0.3, 0.4) is 0 Å². The van der Waals surface area contributed by atoms with Crippen LogP contribution in [0.15, 0.2) is 0 Å². The highest BCUT2D eigenvalue weighted by Crippen LogP contribution is 2.13. The maximum atomic E-state index is 11.9. The largest absolute Gasteiger partial charge is 0.356 e. The predicted octanol–water partition coefficient (Wildman–Crippen LogP) is 0.150. The Balaban J connectivity index is 1.68. The highest BCUT2D eigenvalue weighted by Gasteiger charge is 2.16. The monoisotopic (exact) mass is 441 g/mol. The molecule has 1 fully saturated rings. The number of piperidine rings is 1. The molecule has 1 aliphatic rings. The molecule has 184 valence electrons. The van der Waals surface area contributed by atoms with Crippen LogP contribution in [0.5, 0.6) is 0 Å². The zero-order chi connectivity index (χ0) is 22.2. The van der Waals surface area contributed by atoms with Crippen molar-refractivity contribution in [3.63, 3.8) is 0 Å². The average molecular weight is 442 g/mol. The lowest BCUT2D eigenvalue weighted by Gasteiger charge is -2.22. The molecule has 0 bridgehead atoms. The van der Waals surface area contributed by atoms with Gasteiger partial charge in [-0.1, -0.05) is 0 Å². The summed E-state index contributed by atoms with van der Waals surface area (Å²) in [6.45, 7) is 12.1. The van der Waals surface area contributed by atoms with Gasteiger partial charge in [0.15, 0.2) is 0 Å². The number of carbonyl (C=O) groups excluding carboxylic acids is 1. The molecule has 0 aliphatic carbocycles. The van der Waals surface area contributed by atoms with Crippen LogP contribution >= 0.6 is 0 Å². The van der Waals surface area contributed by atoms with Crippen molar-refractivity contribution >= 4 is 5.91 Å². The second-order valence-corrected chi connectivity index (χ2v) is 8.68. The third-order valence-corrected chi connectivity index (χ3v) is 5.65. The summed E-state index contributed by atoms with van der Waals surface area (Å²) in [4.78, 5) is 11.9. The zero-order valence-electron chi connectivity index (χ0n) is 19.9. The molecule has 0 aromatic carbocycles. The number of carbonyl (C=O) groups is 1. The summed E-state index contributed by atoms with van der Waals surface area (Å²) in [6, 6.07) is 0. The fourth-order valence-electron chi connectivity index (χ4n) is 3.78. The standard InChI is InChI=1S/C23H51N7O/c24-9-4-13-25-10-1-2-11-26-14-5-15-27-16-6-17-28-18-7-19-30-23(31)20-22-8-3-12-29-21-22/h22,25-29H,1-21,24H2,(H,30,31). The second-order valence-electron chi connectivity index (χ2n) is 8.68. The molecule has 8 N–H and O–H groups in total. The fraction of sp³-hybridized carbons (Fsp3) is 0.957. The first-order valence-corrected chi connectivity index (χ1v) is 12.8. The van der Waals surface area contributed by atoms with E-state index in [1.54, 1.807) is 0 Å². The molecule has 1 atom stereocenters. The summed E-state index contributed by atoms with van der Waals surface area (Å²) in [7, 11) is 0. The molecule has 0 radical (unpaired) electrons. The van der Waals surface area contributed by atoms with E-state index in [0.29, 0.717) is 12.3 Å². The molecule has 1 saturated heterocycles. The number of hydrogen-bond acceptors (Lipinski definition) is 7. The summed E-state index contributed by atoms with van der Waals surface area (Å²) >= 11 is 0. The van der Waals surface area contributed by atoms with E-state index in [0.717, 1.165) is 97.8 Å². The van der Waals surface area contributed by atoms with Crippen molar-refractivity contribution in [3.05, 3.63) is 0 Å². The van der Waals surface area contributed by atoms with E-state index >= 15 is 0 Å². The van der Waals surface area contributed by atoms with E-state index in [2.05, 4.69) is 31.9 Å². The third kappa shape index (κ3) is 19.6. The molecule has 1 aliphatic heterocycles. The van der Waals surface area contributed by atoms with Crippen molar-refractivity contribution in [2.75, 3.05) is 78.5 Å². The minimum absolute atomic E-state index is 0.211. The first-order valence-electron chi connectivity index (χ1n) is 12.8. The topological polar surface area (TPSA) is 115 Å². The highest BCUT2D eigenvalue weighted by atomic mass is 16.1. The number of unbranched alkanes of at least 4 members (excludes halogenated alkanes) is 1. The Bertz CT molecular complexity index is 392. The Morgan fingerprint density at radius 3 is 1.77 bits per heavy atom. The van der Waals surface area contributed by atoms with E-state index in [-0.39, 0.29) is 5.91 Å². The molecular weight excluding hydrogens is 390 g/mol. The minimum Gasteiger partial charge on any atom is -0.356 e. The van der Waals surface area contributed by atoms with Gasteiger partial charge in [0, 0.05) is 13.0 Å². The van der Waals surface area contributed by atoms with Crippen molar-refractivity contribution in [3.8, 4) is 0 Å². The van der Waals surface area contributed by atoms with Gasteiger partial charge >= 0.3 is 0 Å². The molecule has 0 saturated carbocycles. The van der Waals surface area contributed by atoms with Gasteiger partial charge < -0.3 is 37.6 Å². The normalized spacial score (nSPS) is 16.5. The van der Waals surface area contributed by atoms with Gasteiger partial charge in [-0.2, -0.15) is 0 Å². The number of rotatable bonds is 22. The van der Waals surface area contributed by atoms with Gasteiger partial charge in [0.25, 0.3) is 0 Å². The molecular formula is C23H51N7O. The Morgan fingerprint density at radius 1 is 0.742 bits per heavy atom. The van der Waals surface area contributed by atoms with Gasteiger partial charge in [-0.15, -0.1) is 0 Å². The summed E-state index contributed by atoms with van der Waals surface area (Å²) < 4.78 is 0. The average Bonchev–Trinajstić information content (AvgIpc) is 2.78. The van der Waals surface area contributed by atoms with E-state index in [9.17, 15) is 4.79 Å². The molecule has 1 amide bonds. The highest BCUT2D eigenvalue weighted by molar-refractivity contribution is 5.76. The number of amides is 1. The van der Waals surface area contributed by atoms with Gasteiger partial charge in [0.2, 0.25) is 5.91 Å². The number of nitrogens with two attached hydrogens (primary N) is 1. The van der Waals surface area contributed by atoms with Crippen LogP contribution in [-0.2, 0) is 4.79 Å². The maximum absolute atomic E-state index is 11.9. The molecule has 1 heterocycles. The van der Waals surface area contributed by atoms with Gasteiger partial charge in [0.1, 0.15) is 0 Å². The Labute approximate surface area is 191 Å². The van der Waals surface area contributed by atoms with Crippen molar-refractivity contribution in [2.24, 2.45) is 11.7 Å². The number of nitrogens with one attached hydrogen (secondary N) is 6. The smallest absolute Gasteiger partial charge is 0.220 e. The first-order chi connectivity index (χ1) is 15.3. The van der Waals surface area contributed by atoms with Crippen LogP contribution in [0.4, 0.5) is 0 Å². The van der Waals surface area contributed by atoms with Crippen molar-refractivity contribution < 1.29 is 4.79 Å². The molecule has 0 aromatic heterocycles. The van der Waals surface area contributed by atoms with Crippen molar-refractivity contribution in [1.29, 1.82) is 0 Å². The Morgan fingerprint density at radius 2 is 1.26 bits per heavy atom. The van der Waals surface area contributed by atoms with Gasteiger partial charge in [0.05, 0.1) is 0 Å². The SMILES string of the molecule is NCCCNCCCCNCCCNCCCNCCCNC(=O)CC1CCCNC1.